The maximum atomic E-state index is 12.0. The van der Waals surface area contributed by atoms with E-state index >= 15 is 0 Å². The molecule has 0 aliphatic heterocycles. The molecular weight excluding hydrogens is 234 g/mol. The number of H-pyrrole nitrogens is 2. The van der Waals surface area contributed by atoms with Crippen molar-refractivity contribution in [3.63, 3.8) is 0 Å². The first kappa shape index (κ1) is 10.2. The molecule has 4 nitrogen and oxygen atoms in total. The molecule has 3 aromatic rings. The number of nitrogens with one attached hydrogen (secondary N) is 2. The molecule has 5 heteroatoms. The van der Waals surface area contributed by atoms with Crippen LogP contribution in [0.4, 0.5) is 0 Å². The number of aromatic nitrogens is 3. The Morgan fingerprint density at radius 3 is 2.82 bits per heavy atom. The summed E-state index contributed by atoms with van der Waals surface area (Å²) >= 11 is 5.05. The minimum Gasteiger partial charge on any atom is -0.334 e. The molecule has 0 unspecified atom stereocenters. The zero-order chi connectivity index (χ0) is 12.0. The fourth-order valence-electron chi connectivity index (χ4n) is 2.04. The van der Waals surface area contributed by atoms with E-state index in [4.69, 9.17) is 12.2 Å². The molecule has 0 aliphatic rings. The lowest BCUT2D eigenvalue weighted by molar-refractivity contribution is 1.11. The van der Waals surface area contributed by atoms with Gasteiger partial charge >= 0.3 is 0 Å². The second-order valence-corrected chi connectivity index (χ2v) is 4.28. The molecule has 0 spiro atoms. The fraction of sp³-hybridized carbons (Fsp3) is 0.0833. The number of pyridine rings is 1. The van der Waals surface area contributed by atoms with Gasteiger partial charge in [-0.05, 0) is 25.2 Å². The molecule has 0 amide bonds. The van der Waals surface area contributed by atoms with Gasteiger partial charge in [-0.3, -0.25) is 4.79 Å². The molecule has 0 bridgehead atoms. The van der Waals surface area contributed by atoms with Gasteiger partial charge < -0.3 is 9.97 Å². The molecule has 3 rings (SSSR count). The summed E-state index contributed by atoms with van der Waals surface area (Å²) < 4.78 is 0.394. The van der Waals surface area contributed by atoms with Gasteiger partial charge in [0.05, 0.1) is 16.4 Å². The van der Waals surface area contributed by atoms with Crippen LogP contribution in [0.2, 0.25) is 0 Å². The van der Waals surface area contributed by atoms with E-state index in [-0.39, 0.29) is 5.56 Å². The highest BCUT2D eigenvalue weighted by atomic mass is 32.1. The molecule has 17 heavy (non-hydrogen) atoms. The molecule has 0 saturated carbocycles. The Hall–Kier alpha value is -2.01. The molecule has 2 N–H and O–H groups in total. The van der Waals surface area contributed by atoms with Crippen LogP contribution in [-0.4, -0.2) is 15.0 Å². The number of nitrogens with zero attached hydrogens (tertiary/aromatic N) is 1. The van der Waals surface area contributed by atoms with E-state index in [2.05, 4.69) is 15.0 Å². The number of benzene rings is 1. The average molecular weight is 243 g/mol. The fourth-order valence-corrected chi connectivity index (χ4v) is 2.29. The summed E-state index contributed by atoms with van der Waals surface area (Å²) in [6, 6.07) is 7.57. The molecule has 0 atom stereocenters. The number of aromatic amines is 2. The standard InChI is InChI=1S/C12H9N3OS/c1-6-9-10(15-12(17)13-6)7-4-2-3-5-8(7)14-11(9)16/h2-5H,1H3,(H,14,16)(H,13,15,17). The van der Waals surface area contributed by atoms with E-state index in [0.717, 1.165) is 16.6 Å². The molecule has 0 aliphatic carbocycles. The molecule has 2 heterocycles. The van der Waals surface area contributed by atoms with E-state index in [1.807, 2.05) is 31.2 Å². The summed E-state index contributed by atoms with van der Waals surface area (Å²) in [6.45, 7) is 1.82. The van der Waals surface area contributed by atoms with Crippen molar-refractivity contribution in [2.45, 2.75) is 6.92 Å². The Morgan fingerprint density at radius 1 is 1.24 bits per heavy atom. The molecule has 2 aromatic heterocycles. The third kappa shape index (κ3) is 1.47. The lowest BCUT2D eigenvalue weighted by Crippen LogP contribution is -2.10. The van der Waals surface area contributed by atoms with Crippen LogP contribution in [0.25, 0.3) is 21.8 Å². The second kappa shape index (κ2) is 3.49. The van der Waals surface area contributed by atoms with Gasteiger partial charge in [-0.15, -0.1) is 0 Å². The van der Waals surface area contributed by atoms with Crippen LogP contribution in [0.3, 0.4) is 0 Å². The number of rotatable bonds is 0. The highest BCUT2D eigenvalue weighted by Gasteiger charge is 2.08. The first-order chi connectivity index (χ1) is 8.16. The highest BCUT2D eigenvalue weighted by molar-refractivity contribution is 7.71. The van der Waals surface area contributed by atoms with Crippen molar-refractivity contribution in [3.05, 3.63) is 45.1 Å². The van der Waals surface area contributed by atoms with E-state index in [9.17, 15) is 4.79 Å². The smallest absolute Gasteiger partial charge is 0.259 e. The molecule has 0 saturated heterocycles. The third-order valence-corrected chi connectivity index (χ3v) is 2.97. The van der Waals surface area contributed by atoms with Crippen LogP contribution in [0, 0.1) is 11.7 Å². The van der Waals surface area contributed by atoms with Crippen LogP contribution in [-0.2, 0) is 0 Å². The van der Waals surface area contributed by atoms with Gasteiger partial charge in [-0.1, -0.05) is 18.2 Å². The lowest BCUT2D eigenvalue weighted by atomic mass is 10.1. The number of aryl methyl sites for hydroxylation is 1. The van der Waals surface area contributed by atoms with Crippen LogP contribution < -0.4 is 5.56 Å². The summed E-state index contributed by atoms with van der Waals surface area (Å²) in [6.07, 6.45) is 0. The predicted octanol–water partition coefficient (Wildman–Crippen LogP) is 2.44. The van der Waals surface area contributed by atoms with Gasteiger partial charge in [0.1, 0.15) is 0 Å². The normalized spacial score (nSPS) is 11.1. The van der Waals surface area contributed by atoms with Crippen molar-refractivity contribution in [2.24, 2.45) is 0 Å². The van der Waals surface area contributed by atoms with Crippen molar-refractivity contribution in [1.29, 1.82) is 0 Å². The van der Waals surface area contributed by atoms with Gasteiger partial charge in [0, 0.05) is 11.1 Å². The second-order valence-electron chi connectivity index (χ2n) is 3.89. The summed E-state index contributed by atoms with van der Waals surface area (Å²) in [5, 5.41) is 1.47. The van der Waals surface area contributed by atoms with Gasteiger partial charge in [-0.25, -0.2) is 4.98 Å². The molecule has 84 valence electrons. The maximum absolute atomic E-state index is 12.0. The average Bonchev–Trinajstić information content (AvgIpc) is 2.28. The topological polar surface area (TPSA) is 61.5 Å². The van der Waals surface area contributed by atoms with Crippen molar-refractivity contribution < 1.29 is 0 Å². The van der Waals surface area contributed by atoms with E-state index in [1.54, 1.807) is 0 Å². The number of hydrogen-bond acceptors (Lipinski definition) is 3. The van der Waals surface area contributed by atoms with Crippen LogP contribution in [0.5, 0.6) is 0 Å². The quantitative estimate of drug-likeness (QED) is 0.471. The molecule has 0 fully saturated rings. The van der Waals surface area contributed by atoms with Gasteiger partial charge in [0.25, 0.3) is 5.56 Å². The monoisotopic (exact) mass is 243 g/mol. The molecular formula is C12H9N3OS. The minimum atomic E-state index is -0.144. The molecule has 0 radical (unpaired) electrons. The summed E-state index contributed by atoms with van der Waals surface area (Å²) in [7, 11) is 0. The van der Waals surface area contributed by atoms with Gasteiger partial charge in [0.15, 0.2) is 4.77 Å². The van der Waals surface area contributed by atoms with Crippen LogP contribution in [0.1, 0.15) is 5.69 Å². The predicted molar refractivity (Wildman–Crippen MR) is 69.8 cm³/mol. The highest BCUT2D eigenvalue weighted by Crippen LogP contribution is 2.19. The lowest BCUT2D eigenvalue weighted by Gasteiger charge is -2.04. The first-order valence-corrected chi connectivity index (χ1v) is 5.59. The summed E-state index contributed by atoms with van der Waals surface area (Å²) in [4.78, 5) is 22.0. The zero-order valence-electron chi connectivity index (χ0n) is 9.07. The number of para-hydroxylation sites is 1. The number of hydrogen-bond donors (Lipinski definition) is 2. The van der Waals surface area contributed by atoms with Crippen molar-refractivity contribution in [2.75, 3.05) is 0 Å². The maximum Gasteiger partial charge on any atom is 0.259 e. The Morgan fingerprint density at radius 2 is 2.00 bits per heavy atom. The van der Waals surface area contributed by atoms with Gasteiger partial charge in [0.2, 0.25) is 0 Å². The summed E-state index contributed by atoms with van der Waals surface area (Å²) in [5.41, 5.74) is 2.03. The SMILES string of the molecule is Cc1[nH]c(=S)nc2c1c(=O)[nH]c1ccccc12. The van der Waals surface area contributed by atoms with Crippen molar-refractivity contribution >= 4 is 34.0 Å². The van der Waals surface area contributed by atoms with Crippen molar-refractivity contribution in [3.8, 4) is 0 Å². The first-order valence-electron chi connectivity index (χ1n) is 5.18. The largest absolute Gasteiger partial charge is 0.334 e. The van der Waals surface area contributed by atoms with Crippen molar-refractivity contribution in [1.82, 2.24) is 15.0 Å². The van der Waals surface area contributed by atoms with E-state index < -0.39 is 0 Å². The Bertz CT molecular complexity index is 848. The van der Waals surface area contributed by atoms with Crippen LogP contribution in [0.15, 0.2) is 29.1 Å². The van der Waals surface area contributed by atoms with Gasteiger partial charge in [-0.2, -0.15) is 0 Å². The summed E-state index contributed by atoms with van der Waals surface area (Å²) in [5.74, 6) is 0. The van der Waals surface area contributed by atoms with E-state index in [1.165, 1.54) is 0 Å². The Balaban J connectivity index is 2.75. The minimum absolute atomic E-state index is 0.144. The molecule has 1 aromatic carbocycles. The Kier molecular flexibility index (Phi) is 2.09. The zero-order valence-corrected chi connectivity index (χ0v) is 9.89. The number of fused-ring (bicyclic) bond motifs is 3. The Labute approximate surface area is 101 Å². The van der Waals surface area contributed by atoms with Crippen LogP contribution >= 0.6 is 12.2 Å². The third-order valence-electron chi connectivity index (χ3n) is 2.78. The van der Waals surface area contributed by atoms with E-state index in [0.29, 0.717) is 15.7 Å².